The summed E-state index contributed by atoms with van der Waals surface area (Å²) < 4.78 is 19.6. The highest BCUT2D eigenvalue weighted by Gasteiger charge is 2.34. The van der Waals surface area contributed by atoms with Crippen LogP contribution >= 0.6 is 0 Å². The number of hydrogen-bond acceptors (Lipinski definition) is 16. The summed E-state index contributed by atoms with van der Waals surface area (Å²) >= 11 is 0. The fourth-order valence-electron chi connectivity index (χ4n) is 3.59. The molecule has 0 aromatic heterocycles. The molecule has 0 radical (unpaired) electrons. The number of imide groups is 4. The average molecular weight is 715 g/mol. The van der Waals surface area contributed by atoms with Crippen molar-refractivity contribution in [3.63, 3.8) is 0 Å². The molecular formula is C32H46N2O16. The highest BCUT2D eigenvalue weighted by molar-refractivity contribution is 6.15. The Balaban J connectivity index is 0.000000846. The van der Waals surface area contributed by atoms with Crippen LogP contribution in [0.1, 0.15) is 71.1 Å². The zero-order valence-corrected chi connectivity index (χ0v) is 28.2. The van der Waals surface area contributed by atoms with E-state index in [1.165, 1.54) is 19.1 Å². The van der Waals surface area contributed by atoms with Gasteiger partial charge in [0, 0.05) is 51.4 Å². The number of esters is 1. The summed E-state index contributed by atoms with van der Waals surface area (Å²) in [6.45, 7) is 8.49. The molecule has 18 heteroatoms. The van der Waals surface area contributed by atoms with E-state index >= 15 is 0 Å². The van der Waals surface area contributed by atoms with Gasteiger partial charge < -0.3 is 34.0 Å². The van der Waals surface area contributed by atoms with Crippen LogP contribution in [-0.4, -0.2) is 126 Å². The Labute approximate surface area is 289 Å². The second-order valence-electron chi connectivity index (χ2n) is 10.2. The smallest absolute Gasteiger partial charge is 0.333 e. The van der Waals surface area contributed by atoms with E-state index in [9.17, 15) is 43.2 Å². The Bertz CT molecular complexity index is 1170. The van der Waals surface area contributed by atoms with Crippen molar-refractivity contribution in [2.45, 2.75) is 77.4 Å². The van der Waals surface area contributed by atoms with Crippen molar-refractivity contribution in [2.75, 3.05) is 46.2 Å². The van der Waals surface area contributed by atoms with Crippen molar-refractivity contribution in [3.05, 3.63) is 25.3 Å². The van der Waals surface area contributed by atoms with Crippen molar-refractivity contribution in [1.29, 1.82) is 0 Å². The quantitative estimate of drug-likeness (QED) is 0.0375. The normalized spacial score (nSPS) is 14.2. The van der Waals surface area contributed by atoms with Crippen LogP contribution in [0.5, 0.6) is 0 Å². The van der Waals surface area contributed by atoms with Crippen LogP contribution in [0.15, 0.2) is 25.3 Å². The lowest BCUT2D eigenvalue weighted by molar-refractivity contribution is -0.197. The number of ether oxygens (including phenoxy) is 4. The molecule has 0 aromatic carbocycles. The lowest BCUT2D eigenvalue weighted by Gasteiger charge is -2.12. The van der Waals surface area contributed by atoms with Crippen LogP contribution in [-0.2, 0) is 66.9 Å². The third kappa shape index (κ3) is 21.5. The monoisotopic (exact) mass is 714 g/mol. The molecular weight excluding hydrogens is 668 g/mol. The predicted octanol–water partition coefficient (Wildman–Crippen LogP) is 0.0164. The minimum absolute atomic E-state index is 0.0109. The molecule has 2 aliphatic heterocycles. The van der Waals surface area contributed by atoms with Crippen LogP contribution in [0.4, 0.5) is 0 Å². The molecule has 18 nitrogen and oxygen atoms in total. The molecule has 2 rings (SSSR count). The maximum absolute atomic E-state index is 11.7. The largest absolute Gasteiger partial charge is 0.463 e. The number of carbonyl (C=O) groups excluding carboxylic acids is 9. The van der Waals surface area contributed by atoms with Crippen molar-refractivity contribution < 1.29 is 77.1 Å². The second-order valence-corrected chi connectivity index (χ2v) is 10.2. The van der Waals surface area contributed by atoms with Crippen molar-refractivity contribution >= 4 is 53.0 Å². The van der Waals surface area contributed by atoms with Crippen LogP contribution in [0.25, 0.3) is 0 Å². The third-order valence-corrected chi connectivity index (χ3v) is 6.10. The topological polar surface area (TPSA) is 247 Å². The summed E-state index contributed by atoms with van der Waals surface area (Å²) in [5.41, 5.74) is 0. The number of ketones is 2. The maximum atomic E-state index is 11.7. The first-order valence-corrected chi connectivity index (χ1v) is 15.7. The molecule has 5 amide bonds. The lowest BCUT2D eigenvalue weighted by atomic mass is 10.1. The molecule has 2 fully saturated rings. The van der Waals surface area contributed by atoms with E-state index in [0.717, 1.165) is 0 Å². The van der Waals surface area contributed by atoms with E-state index < -0.39 is 47.8 Å². The molecule has 2 N–H and O–H groups in total. The minimum Gasteiger partial charge on any atom is -0.463 e. The van der Waals surface area contributed by atoms with Gasteiger partial charge in [0.05, 0.1) is 33.0 Å². The lowest BCUT2D eigenvalue weighted by Crippen LogP contribution is -2.35. The van der Waals surface area contributed by atoms with E-state index in [1.807, 2.05) is 0 Å². The van der Waals surface area contributed by atoms with Gasteiger partial charge in [-0.3, -0.25) is 38.4 Å². The van der Waals surface area contributed by atoms with Gasteiger partial charge in [0.15, 0.2) is 17.9 Å². The summed E-state index contributed by atoms with van der Waals surface area (Å²) in [4.78, 5) is 106. The molecule has 0 aliphatic carbocycles. The zero-order valence-electron chi connectivity index (χ0n) is 28.2. The van der Waals surface area contributed by atoms with E-state index in [1.54, 1.807) is 0 Å². The number of carbonyl (C=O) groups is 9. The van der Waals surface area contributed by atoms with Crippen LogP contribution in [0.2, 0.25) is 0 Å². The number of hydrogen-bond donors (Lipinski definition) is 2. The van der Waals surface area contributed by atoms with Gasteiger partial charge in [0.2, 0.25) is 17.7 Å². The number of amides is 5. The van der Waals surface area contributed by atoms with Gasteiger partial charge in [-0.1, -0.05) is 13.2 Å². The average Bonchev–Trinajstić information content (AvgIpc) is 3.59. The van der Waals surface area contributed by atoms with Crippen LogP contribution in [0.3, 0.4) is 0 Å². The van der Waals surface area contributed by atoms with Crippen LogP contribution in [0, 0.1) is 0 Å². The first kappa shape index (κ1) is 45.5. The van der Waals surface area contributed by atoms with E-state index in [4.69, 9.17) is 29.2 Å². The van der Waals surface area contributed by atoms with E-state index in [0.29, 0.717) is 9.96 Å². The van der Waals surface area contributed by atoms with Crippen molar-refractivity contribution in [1.82, 2.24) is 9.96 Å². The Morgan fingerprint density at radius 3 is 1.86 bits per heavy atom. The molecule has 1 unspecified atom stereocenters. The number of Topliss-reactive ketones (excluding diaryl/α,β-unsaturated/α-hetero) is 1. The molecule has 50 heavy (non-hydrogen) atoms. The fraction of sp³-hybridized carbons (Fsp3) is 0.594. The molecule has 0 spiro atoms. The number of hydroxylamine groups is 2. The molecule has 2 heterocycles. The highest BCUT2D eigenvalue weighted by atomic mass is 16.7. The fourth-order valence-corrected chi connectivity index (χ4v) is 3.59. The molecule has 2 saturated heterocycles. The highest BCUT2D eigenvalue weighted by Crippen LogP contribution is 2.15. The molecule has 1 atom stereocenters. The molecule has 280 valence electrons. The standard InChI is InChI=1S/C15H21NO7.C13H19NO8.C4H6O/c1-2-15(21)23-9-8-22-10-11(17)4-3-5-12(18)16-13(19)6-7-14(16)20;15-6-7-20-8-9-21-12(18)2-1-3-13(19)22-14-10(16)4-5-11(14)17;1-3-4(2)5/h2,15,21H,1,3-10H2;15H,1-9H2;3H,1H2,2H3. The number of aliphatic hydroxyl groups excluding tert-OH is 2. The maximum Gasteiger partial charge on any atom is 0.333 e. The molecule has 0 bridgehead atoms. The Morgan fingerprint density at radius 1 is 0.760 bits per heavy atom. The number of likely N-dealkylation sites (tertiary alicyclic amines) is 1. The predicted molar refractivity (Wildman–Crippen MR) is 169 cm³/mol. The van der Waals surface area contributed by atoms with Gasteiger partial charge in [0.25, 0.3) is 11.8 Å². The first-order chi connectivity index (χ1) is 23.8. The van der Waals surface area contributed by atoms with Gasteiger partial charge in [0.1, 0.15) is 13.2 Å². The van der Waals surface area contributed by atoms with Gasteiger partial charge in [-0.05, 0) is 31.9 Å². The van der Waals surface area contributed by atoms with Gasteiger partial charge in [-0.25, -0.2) is 9.69 Å². The van der Waals surface area contributed by atoms with E-state index in [-0.39, 0.29) is 122 Å². The van der Waals surface area contributed by atoms with Gasteiger partial charge in [-0.2, -0.15) is 0 Å². The third-order valence-electron chi connectivity index (χ3n) is 6.10. The minimum atomic E-state index is -1.06. The summed E-state index contributed by atoms with van der Waals surface area (Å²) in [5, 5.41) is 17.9. The number of allylic oxidation sites excluding steroid dienone is 1. The molecule has 2 aliphatic rings. The van der Waals surface area contributed by atoms with Crippen LogP contribution < -0.4 is 0 Å². The second kappa shape index (κ2) is 27.3. The summed E-state index contributed by atoms with van der Waals surface area (Å²) in [6.07, 6.45) is 2.09. The number of aliphatic hydroxyl groups is 2. The number of nitrogens with zero attached hydrogens (tertiary/aromatic N) is 2. The summed E-state index contributed by atoms with van der Waals surface area (Å²) in [7, 11) is 0. The summed E-state index contributed by atoms with van der Waals surface area (Å²) in [6, 6.07) is 0. The first-order valence-electron chi connectivity index (χ1n) is 15.7. The van der Waals surface area contributed by atoms with Crippen molar-refractivity contribution in [2.24, 2.45) is 0 Å². The van der Waals surface area contributed by atoms with Crippen molar-refractivity contribution in [3.8, 4) is 0 Å². The van der Waals surface area contributed by atoms with Gasteiger partial charge >= 0.3 is 11.9 Å². The Hall–Kier alpha value is -4.49. The Kier molecular flexibility index (Phi) is 24.9. The van der Waals surface area contributed by atoms with Gasteiger partial charge in [-0.15, -0.1) is 5.06 Å². The summed E-state index contributed by atoms with van der Waals surface area (Å²) in [5.74, 6) is -4.01. The number of rotatable bonds is 22. The zero-order chi connectivity index (χ0) is 37.9. The van der Waals surface area contributed by atoms with E-state index in [2.05, 4.69) is 18.0 Å². The molecule has 0 aromatic rings. The SMILES string of the molecule is C=CC(C)=O.C=CC(O)OCCOCC(=O)CCCC(=O)N1C(=O)CCC1=O.O=C(CCCC(=O)ON1C(=O)CCC1=O)OCCOCCO. The molecule has 0 saturated carbocycles. The Morgan fingerprint density at radius 2 is 1.30 bits per heavy atom.